The zero-order valence-electron chi connectivity index (χ0n) is 25.9. The van der Waals surface area contributed by atoms with Crippen LogP contribution in [-0.2, 0) is 22.4 Å². The summed E-state index contributed by atoms with van der Waals surface area (Å²) < 4.78 is 12.0. The second-order valence-corrected chi connectivity index (χ2v) is 11.7. The van der Waals surface area contributed by atoms with Crippen LogP contribution in [0.2, 0.25) is 0 Å². The molecule has 6 aromatic rings. The van der Waals surface area contributed by atoms with Gasteiger partial charge in [0.25, 0.3) is 0 Å². The highest BCUT2D eigenvalue weighted by molar-refractivity contribution is 5.95. The van der Waals surface area contributed by atoms with Crippen molar-refractivity contribution in [3.63, 3.8) is 0 Å². The standard InChI is InChI=1S/C19H18O3.C18H16O4/c1-10-7-14(9-12(3)20)19-16(8-10)17(21)15-6-5-11(2)13(4)18(15)22-19;1-9-6-12(8-15(19)20)18-14(7-9)16(21)13-5-4-10(2)11(3)17(13)22-18/h5-8H,9H2,1-4H3;4-7H,8H2,1-3H3,(H,19,20). The number of carboxylic acid groups (broad SMARTS) is 1. The number of Topliss-reactive ketones (excluding diaryl/α,β-unsaturated/α-hetero) is 1. The molecule has 0 fully saturated rings. The van der Waals surface area contributed by atoms with E-state index >= 15 is 0 Å². The molecule has 6 rings (SSSR count). The number of aliphatic carboxylic acids is 1. The largest absolute Gasteiger partial charge is 0.481 e. The zero-order valence-corrected chi connectivity index (χ0v) is 25.9. The second-order valence-electron chi connectivity index (χ2n) is 11.7. The highest BCUT2D eigenvalue weighted by Gasteiger charge is 2.17. The van der Waals surface area contributed by atoms with Crippen molar-refractivity contribution >= 4 is 55.6 Å². The van der Waals surface area contributed by atoms with Gasteiger partial charge in [0.2, 0.25) is 10.9 Å². The van der Waals surface area contributed by atoms with Crippen molar-refractivity contribution < 1.29 is 23.5 Å². The Hall–Kier alpha value is -5.04. The molecule has 4 aromatic carbocycles. The maximum atomic E-state index is 12.8. The SMILES string of the molecule is CC(=O)Cc1cc(C)cc2c(=O)c3ccc(C)c(C)c3oc12.Cc1cc(CC(=O)O)c2oc3c(C)c(C)ccc3c(=O)c2c1. The summed E-state index contributed by atoms with van der Waals surface area (Å²) in [5, 5.41) is 11.2. The number of carbonyl (C=O) groups excluding carboxylic acids is 1. The Kier molecular flexibility index (Phi) is 8.00. The van der Waals surface area contributed by atoms with Crippen molar-refractivity contribution in [2.45, 2.75) is 61.3 Å². The molecule has 2 heterocycles. The average molecular weight is 591 g/mol. The van der Waals surface area contributed by atoms with E-state index in [2.05, 4.69) is 0 Å². The van der Waals surface area contributed by atoms with Gasteiger partial charge >= 0.3 is 5.97 Å². The Balaban J connectivity index is 0.000000175. The lowest BCUT2D eigenvalue weighted by atomic mass is 10.00. The monoisotopic (exact) mass is 590 g/mol. The maximum Gasteiger partial charge on any atom is 0.307 e. The summed E-state index contributed by atoms with van der Waals surface area (Å²) in [6, 6.07) is 14.7. The van der Waals surface area contributed by atoms with Gasteiger partial charge in [0.1, 0.15) is 28.1 Å². The molecule has 0 aliphatic carbocycles. The van der Waals surface area contributed by atoms with Crippen LogP contribution in [0.5, 0.6) is 0 Å². The van der Waals surface area contributed by atoms with E-state index in [1.165, 1.54) is 0 Å². The first kappa shape index (κ1) is 30.4. The van der Waals surface area contributed by atoms with Crippen molar-refractivity contribution in [3.8, 4) is 0 Å². The summed E-state index contributed by atoms with van der Waals surface area (Å²) in [5.41, 5.74) is 9.00. The first-order valence-corrected chi connectivity index (χ1v) is 14.4. The lowest BCUT2D eigenvalue weighted by molar-refractivity contribution is -0.136. The first-order valence-electron chi connectivity index (χ1n) is 14.4. The van der Waals surface area contributed by atoms with E-state index < -0.39 is 5.97 Å². The molecule has 0 amide bonds. The number of rotatable bonds is 4. The van der Waals surface area contributed by atoms with Gasteiger partial charge in [-0.1, -0.05) is 24.3 Å². The van der Waals surface area contributed by atoms with Gasteiger partial charge in [-0.2, -0.15) is 0 Å². The van der Waals surface area contributed by atoms with Gasteiger partial charge in [-0.05, 0) is 106 Å². The third-order valence-corrected chi connectivity index (χ3v) is 8.14. The van der Waals surface area contributed by atoms with Crippen LogP contribution >= 0.6 is 0 Å². The predicted molar refractivity (Wildman–Crippen MR) is 174 cm³/mol. The number of aryl methyl sites for hydroxylation is 6. The van der Waals surface area contributed by atoms with E-state index in [-0.39, 0.29) is 29.5 Å². The van der Waals surface area contributed by atoms with Crippen LogP contribution in [0.25, 0.3) is 43.9 Å². The molecule has 44 heavy (non-hydrogen) atoms. The number of hydrogen-bond donors (Lipinski definition) is 1. The lowest BCUT2D eigenvalue weighted by Gasteiger charge is -2.10. The van der Waals surface area contributed by atoms with E-state index in [1.807, 2.05) is 71.9 Å². The molecular weight excluding hydrogens is 556 g/mol. The highest BCUT2D eigenvalue weighted by Crippen LogP contribution is 2.28. The number of fused-ring (bicyclic) bond motifs is 4. The molecule has 0 spiro atoms. The van der Waals surface area contributed by atoms with E-state index in [9.17, 15) is 19.2 Å². The van der Waals surface area contributed by atoms with Crippen molar-refractivity contribution in [3.05, 3.63) is 113 Å². The molecule has 0 aliphatic heterocycles. The topological polar surface area (TPSA) is 115 Å². The summed E-state index contributed by atoms with van der Waals surface area (Å²) in [4.78, 5) is 48.1. The van der Waals surface area contributed by atoms with Crippen LogP contribution in [0, 0.1) is 41.5 Å². The maximum absolute atomic E-state index is 12.8. The molecule has 0 atom stereocenters. The normalized spacial score (nSPS) is 11.2. The summed E-state index contributed by atoms with van der Waals surface area (Å²) in [6.45, 7) is 13.1. The third-order valence-electron chi connectivity index (χ3n) is 8.14. The fourth-order valence-corrected chi connectivity index (χ4v) is 5.66. The Morgan fingerprint density at radius 1 is 0.591 bits per heavy atom. The van der Waals surface area contributed by atoms with Crippen molar-refractivity contribution in [2.24, 2.45) is 0 Å². The molecular formula is C37H34O7. The molecule has 0 unspecified atom stereocenters. The smallest absolute Gasteiger partial charge is 0.307 e. The zero-order chi connectivity index (χ0) is 32.0. The van der Waals surface area contributed by atoms with Crippen molar-refractivity contribution in [1.82, 2.24) is 0 Å². The van der Waals surface area contributed by atoms with Crippen LogP contribution < -0.4 is 10.9 Å². The summed E-state index contributed by atoms with van der Waals surface area (Å²) >= 11 is 0. The van der Waals surface area contributed by atoms with Crippen LogP contribution in [-0.4, -0.2) is 16.9 Å². The predicted octanol–water partition coefficient (Wildman–Crippen LogP) is 7.50. The molecule has 1 N–H and O–H groups in total. The summed E-state index contributed by atoms with van der Waals surface area (Å²) in [7, 11) is 0. The second kappa shape index (κ2) is 11.6. The minimum Gasteiger partial charge on any atom is -0.481 e. The van der Waals surface area contributed by atoms with E-state index in [4.69, 9.17) is 13.9 Å². The van der Waals surface area contributed by atoms with Gasteiger partial charge in [-0.25, -0.2) is 0 Å². The number of carbonyl (C=O) groups is 2. The Morgan fingerprint density at radius 3 is 1.39 bits per heavy atom. The minimum atomic E-state index is -0.949. The van der Waals surface area contributed by atoms with Gasteiger partial charge in [0.05, 0.1) is 28.0 Å². The molecule has 7 nitrogen and oxygen atoms in total. The molecule has 0 saturated carbocycles. The fourth-order valence-electron chi connectivity index (χ4n) is 5.66. The fraction of sp³-hybridized carbons (Fsp3) is 0.243. The number of hydrogen-bond acceptors (Lipinski definition) is 6. The van der Waals surface area contributed by atoms with E-state index in [1.54, 1.807) is 25.1 Å². The van der Waals surface area contributed by atoms with Gasteiger partial charge in [0.15, 0.2) is 0 Å². The first-order chi connectivity index (χ1) is 20.8. The number of carboxylic acids is 1. The molecule has 0 saturated heterocycles. The molecule has 0 radical (unpaired) electrons. The lowest BCUT2D eigenvalue weighted by Crippen LogP contribution is -2.07. The Morgan fingerprint density at radius 2 is 1.00 bits per heavy atom. The van der Waals surface area contributed by atoms with Crippen LogP contribution in [0.4, 0.5) is 0 Å². The van der Waals surface area contributed by atoms with Crippen LogP contribution in [0.1, 0.15) is 51.4 Å². The molecule has 2 aromatic heterocycles. The molecule has 0 aliphatic rings. The van der Waals surface area contributed by atoms with Crippen LogP contribution in [0.3, 0.4) is 0 Å². The van der Waals surface area contributed by atoms with Crippen LogP contribution in [0.15, 0.2) is 67.0 Å². The summed E-state index contributed by atoms with van der Waals surface area (Å²) in [6.07, 6.45) is 0.106. The molecule has 7 heteroatoms. The van der Waals surface area contributed by atoms with Gasteiger partial charge in [-0.3, -0.25) is 19.2 Å². The van der Waals surface area contributed by atoms with Gasteiger partial charge in [-0.15, -0.1) is 0 Å². The van der Waals surface area contributed by atoms with Gasteiger partial charge < -0.3 is 13.9 Å². The Labute approximate surface area is 253 Å². The van der Waals surface area contributed by atoms with Gasteiger partial charge in [0, 0.05) is 17.5 Å². The molecule has 0 bridgehead atoms. The summed E-state index contributed by atoms with van der Waals surface area (Å²) in [5.74, 6) is -0.897. The van der Waals surface area contributed by atoms with E-state index in [0.29, 0.717) is 49.4 Å². The quantitative estimate of drug-likeness (QED) is 0.211. The third kappa shape index (κ3) is 5.53. The van der Waals surface area contributed by atoms with E-state index in [0.717, 1.165) is 38.9 Å². The average Bonchev–Trinajstić information content (AvgIpc) is 2.94. The molecule has 224 valence electrons. The minimum absolute atomic E-state index is 0.0344. The van der Waals surface area contributed by atoms with Crippen molar-refractivity contribution in [2.75, 3.05) is 0 Å². The van der Waals surface area contributed by atoms with Crippen molar-refractivity contribution in [1.29, 1.82) is 0 Å². The number of benzene rings is 4. The number of ketones is 1. The Bertz CT molecular complexity index is 2120. The highest BCUT2D eigenvalue weighted by atomic mass is 16.4.